The topological polar surface area (TPSA) is 277 Å². The first-order valence-electron chi connectivity index (χ1n) is 12.7. The summed E-state index contributed by atoms with van der Waals surface area (Å²) in [7, 11) is -9.79. The zero-order chi connectivity index (χ0) is 30.1. The molecule has 0 spiro atoms. The maximum atomic E-state index is 13.1. The van der Waals surface area contributed by atoms with Crippen LogP contribution in [-0.2, 0) is 41.5 Å². The van der Waals surface area contributed by atoms with Crippen LogP contribution in [0, 0.1) is 0 Å². The molecule has 0 saturated carbocycles. The van der Waals surface area contributed by atoms with E-state index >= 15 is 0 Å². The highest BCUT2D eigenvalue weighted by Gasteiger charge is 2.53. The fraction of sp³-hybridized carbons (Fsp3) is 0.550. The van der Waals surface area contributed by atoms with Crippen LogP contribution in [0.1, 0.15) is 12.6 Å². The van der Waals surface area contributed by atoms with Crippen molar-refractivity contribution in [2.75, 3.05) is 18.9 Å². The Balaban J connectivity index is 1.15. The Bertz CT molecular complexity index is 1650. The number of nitrogens with zero attached hydrogens (tertiary/aromatic N) is 8. The second-order valence-electron chi connectivity index (χ2n) is 9.91. The van der Waals surface area contributed by atoms with E-state index in [-0.39, 0.29) is 29.2 Å². The molecule has 23 heteroatoms. The first-order valence-corrected chi connectivity index (χ1v) is 15.7. The van der Waals surface area contributed by atoms with Gasteiger partial charge in [-0.2, -0.15) is 4.99 Å². The standard InChI is InChI=1S/C20H23N9O12P2/c21-15-11-16(23-4-22-15)29(6-26-11)20-13(30)14-10(39-20)3-37-42(32,33)40-9-1-8(2-36-43(34,35)41-14)38-19(9)28-7-27-12-17(28)24-5-25-18(12)31/h4-10,12-14,19-20,30H,1-3H2,(H,32,33)(H,34,35)(H2,21,22,23)/t8-,9+,10+,12?,13+,14+,19+,20+/m0/s1. The van der Waals surface area contributed by atoms with E-state index in [1.165, 1.54) is 28.5 Å². The number of carbonyl (C=O) groups excluding carboxylic acids is 1. The molecule has 230 valence electrons. The summed E-state index contributed by atoms with van der Waals surface area (Å²) in [6.45, 7) is -1.26. The number of phosphoric acid groups is 2. The molecule has 5 aliphatic heterocycles. The number of aliphatic imine (C=N–C) groups is 3. The van der Waals surface area contributed by atoms with E-state index < -0.39 is 83.8 Å². The van der Waals surface area contributed by atoms with E-state index in [4.69, 9.17) is 33.3 Å². The molecule has 7 heterocycles. The summed E-state index contributed by atoms with van der Waals surface area (Å²) in [5.74, 6) is -0.361. The molecule has 7 rings (SSSR count). The number of phosphoric ester groups is 2. The number of hydrogen-bond acceptors (Lipinski definition) is 17. The van der Waals surface area contributed by atoms with Crippen LogP contribution in [0.15, 0.2) is 27.6 Å². The van der Waals surface area contributed by atoms with Crippen LogP contribution in [0.25, 0.3) is 11.2 Å². The summed E-state index contributed by atoms with van der Waals surface area (Å²) in [4.78, 5) is 58.5. The Labute approximate surface area is 240 Å². The highest BCUT2D eigenvalue weighted by molar-refractivity contribution is 7.47. The highest BCUT2D eigenvalue weighted by atomic mass is 31.2. The van der Waals surface area contributed by atoms with Crippen LogP contribution < -0.4 is 5.73 Å². The number of aromatic nitrogens is 4. The number of aliphatic hydroxyl groups excluding tert-OH is 1. The molecule has 2 aromatic rings. The maximum Gasteiger partial charge on any atom is 0.472 e. The Kier molecular flexibility index (Phi) is 7.02. The smallest absolute Gasteiger partial charge is 0.386 e. The molecule has 10 atom stereocenters. The van der Waals surface area contributed by atoms with E-state index in [1.807, 2.05) is 0 Å². The molecule has 21 nitrogen and oxygen atoms in total. The SMILES string of the molecule is Nc1ncnc2c1ncn2[C@@H]1O[C@@H]2COP(=O)(O)O[C@@H]3C[C@@H](COP(=O)(O)O[C@H]2[C@H]1O)O[C@H]3N1C=NC2C(=O)N=CN=C21. The van der Waals surface area contributed by atoms with Crippen LogP contribution in [-0.4, -0.2) is 120 Å². The van der Waals surface area contributed by atoms with Crippen molar-refractivity contribution >= 4 is 57.0 Å². The van der Waals surface area contributed by atoms with Gasteiger partial charge in [0.1, 0.15) is 48.4 Å². The van der Waals surface area contributed by atoms with Gasteiger partial charge >= 0.3 is 15.6 Å². The molecule has 0 aliphatic carbocycles. The molecule has 5 aliphatic rings. The number of ether oxygens (including phenoxy) is 2. The summed E-state index contributed by atoms with van der Waals surface area (Å²) in [5.41, 5.74) is 6.22. The normalized spacial score (nSPS) is 41.4. The van der Waals surface area contributed by atoms with Crippen LogP contribution in [0.3, 0.4) is 0 Å². The lowest BCUT2D eigenvalue weighted by atomic mass is 10.1. The van der Waals surface area contributed by atoms with Crippen molar-refractivity contribution in [1.82, 2.24) is 24.4 Å². The predicted molar refractivity (Wildman–Crippen MR) is 139 cm³/mol. The molecule has 1 amide bonds. The third-order valence-electron chi connectivity index (χ3n) is 7.20. The van der Waals surface area contributed by atoms with Gasteiger partial charge in [-0.15, -0.1) is 0 Å². The number of nitrogen functional groups attached to an aromatic ring is 1. The van der Waals surface area contributed by atoms with Crippen molar-refractivity contribution in [2.45, 2.75) is 55.4 Å². The van der Waals surface area contributed by atoms with Crippen LogP contribution in [0.5, 0.6) is 0 Å². The minimum Gasteiger partial charge on any atom is -0.386 e. The van der Waals surface area contributed by atoms with Gasteiger partial charge < -0.3 is 30.1 Å². The zero-order valence-electron chi connectivity index (χ0n) is 21.6. The van der Waals surface area contributed by atoms with Gasteiger partial charge in [0.25, 0.3) is 5.91 Å². The summed E-state index contributed by atoms with van der Waals surface area (Å²) in [6, 6.07) is -1.02. The molecule has 2 bridgehead atoms. The van der Waals surface area contributed by atoms with Gasteiger partial charge in [-0.05, 0) is 0 Å². The quantitative estimate of drug-likeness (QED) is 0.270. The fourth-order valence-corrected chi connectivity index (χ4v) is 7.20. The molecular formula is C20H23N9O12P2. The van der Waals surface area contributed by atoms with Crippen molar-refractivity contribution in [2.24, 2.45) is 15.0 Å². The summed E-state index contributed by atoms with van der Waals surface area (Å²) in [6.07, 6.45) is -4.61. The maximum absolute atomic E-state index is 13.1. The minimum atomic E-state index is -4.90. The number of anilines is 1. The first-order chi connectivity index (χ1) is 20.5. The Morgan fingerprint density at radius 1 is 1.00 bits per heavy atom. The van der Waals surface area contributed by atoms with Crippen molar-refractivity contribution in [3.8, 4) is 0 Å². The number of nitrogens with two attached hydrogens (primary N) is 1. The van der Waals surface area contributed by atoms with Crippen molar-refractivity contribution in [3.63, 3.8) is 0 Å². The molecule has 0 radical (unpaired) electrons. The third kappa shape index (κ3) is 5.21. The monoisotopic (exact) mass is 643 g/mol. The largest absolute Gasteiger partial charge is 0.472 e. The molecule has 43 heavy (non-hydrogen) atoms. The average molecular weight is 643 g/mol. The Morgan fingerprint density at radius 2 is 1.79 bits per heavy atom. The molecule has 0 aromatic carbocycles. The lowest BCUT2D eigenvalue weighted by molar-refractivity contribution is -0.117. The summed E-state index contributed by atoms with van der Waals surface area (Å²) < 4.78 is 60.4. The highest BCUT2D eigenvalue weighted by Crippen LogP contribution is 2.53. The molecule has 3 saturated heterocycles. The first kappa shape index (κ1) is 28.7. The predicted octanol–water partition coefficient (Wildman–Crippen LogP) is -1.52. The Morgan fingerprint density at radius 3 is 2.63 bits per heavy atom. The molecule has 5 N–H and O–H groups in total. The van der Waals surface area contributed by atoms with Crippen molar-refractivity contribution < 1.29 is 56.4 Å². The Hall–Kier alpha value is -3.07. The zero-order valence-corrected chi connectivity index (χ0v) is 23.4. The minimum absolute atomic E-state index is 0.0613. The van der Waals surface area contributed by atoms with Crippen LogP contribution in [0.2, 0.25) is 0 Å². The second kappa shape index (κ2) is 10.5. The van der Waals surface area contributed by atoms with Crippen LogP contribution in [0.4, 0.5) is 5.82 Å². The van der Waals surface area contributed by atoms with Crippen molar-refractivity contribution in [1.29, 1.82) is 0 Å². The van der Waals surface area contributed by atoms with Crippen LogP contribution >= 0.6 is 15.6 Å². The summed E-state index contributed by atoms with van der Waals surface area (Å²) in [5, 5.41) is 11.1. The van der Waals surface area contributed by atoms with E-state index in [2.05, 4.69) is 29.9 Å². The van der Waals surface area contributed by atoms with Gasteiger partial charge in [-0.25, -0.2) is 29.1 Å². The van der Waals surface area contributed by atoms with E-state index in [0.717, 1.165) is 6.34 Å². The number of aliphatic hydroxyl groups is 1. The third-order valence-corrected chi connectivity index (χ3v) is 9.19. The second-order valence-corrected chi connectivity index (χ2v) is 12.7. The average Bonchev–Trinajstić information content (AvgIpc) is 3.72. The lowest BCUT2D eigenvalue weighted by Crippen LogP contribution is -2.47. The van der Waals surface area contributed by atoms with Crippen molar-refractivity contribution in [3.05, 3.63) is 12.7 Å². The number of rotatable bonds is 2. The number of amidine groups is 1. The van der Waals surface area contributed by atoms with Gasteiger partial charge in [0.05, 0.1) is 32.0 Å². The lowest BCUT2D eigenvalue weighted by Gasteiger charge is -2.30. The fourth-order valence-electron chi connectivity index (χ4n) is 5.29. The molecule has 3 unspecified atom stereocenters. The van der Waals surface area contributed by atoms with E-state index in [0.29, 0.717) is 0 Å². The summed E-state index contributed by atoms with van der Waals surface area (Å²) >= 11 is 0. The van der Waals surface area contributed by atoms with Gasteiger partial charge in [0, 0.05) is 6.42 Å². The van der Waals surface area contributed by atoms with E-state index in [1.54, 1.807) is 0 Å². The molecule has 2 aromatic heterocycles. The van der Waals surface area contributed by atoms with Gasteiger partial charge in [0.2, 0.25) is 0 Å². The number of carbonyl (C=O) groups is 1. The number of fused-ring (bicyclic) bond motifs is 5. The number of amides is 1. The van der Waals surface area contributed by atoms with E-state index in [9.17, 15) is 28.8 Å². The number of imidazole rings is 1. The molecule has 3 fully saturated rings. The number of hydrogen-bond donors (Lipinski definition) is 4. The van der Waals surface area contributed by atoms with Gasteiger partial charge in [0.15, 0.2) is 30.0 Å². The molecular weight excluding hydrogens is 620 g/mol. The van der Waals surface area contributed by atoms with Gasteiger partial charge in [-0.3, -0.25) is 37.3 Å². The van der Waals surface area contributed by atoms with Gasteiger partial charge in [-0.1, -0.05) is 0 Å².